The standard InChI is InChI=1S/C16H27NO3/c1-16(2)9-6-10-17(14(16)15(19)20)13(18)11-12-7-4-3-5-8-12/h12,14H,3-11H2,1-2H3,(H,19,20). The molecule has 0 aromatic heterocycles. The number of aliphatic carboxylic acids is 1. The third-order valence-electron chi connectivity index (χ3n) is 5.01. The number of nitrogens with zero attached hydrogens (tertiary/aromatic N) is 1. The summed E-state index contributed by atoms with van der Waals surface area (Å²) in [6, 6.07) is -0.660. The molecule has 114 valence electrons. The van der Waals surface area contributed by atoms with E-state index in [1.807, 2.05) is 13.8 Å². The molecule has 1 saturated heterocycles. The summed E-state index contributed by atoms with van der Waals surface area (Å²) in [4.78, 5) is 25.8. The normalized spacial score (nSPS) is 27.3. The highest BCUT2D eigenvalue weighted by Gasteiger charge is 2.44. The van der Waals surface area contributed by atoms with Crippen molar-refractivity contribution in [3.63, 3.8) is 0 Å². The molecule has 1 aliphatic heterocycles. The molecule has 20 heavy (non-hydrogen) atoms. The van der Waals surface area contributed by atoms with Gasteiger partial charge in [0.1, 0.15) is 6.04 Å². The SMILES string of the molecule is CC1(C)CCCN(C(=O)CC2CCCCC2)C1C(=O)O. The minimum Gasteiger partial charge on any atom is -0.480 e. The van der Waals surface area contributed by atoms with Gasteiger partial charge in [-0.3, -0.25) is 4.79 Å². The van der Waals surface area contributed by atoms with Crippen molar-refractivity contribution in [1.82, 2.24) is 4.90 Å². The molecule has 4 heteroatoms. The Morgan fingerprint density at radius 3 is 2.40 bits per heavy atom. The van der Waals surface area contributed by atoms with Gasteiger partial charge in [0.05, 0.1) is 0 Å². The van der Waals surface area contributed by atoms with Crippen molar-refractivity contribution >= 4 is 11.9 Å². The van der Waals surface area contributed by atoms with Gasteiger partial charge in [0.25, 0.3) is 0 Å². The number of amides is 1. The predicted octanol–water partition coefficient (Wildman–Crippen LogP) is 3.06. The van der Waals surface area contributed by atoms with Gasteiger partial charge in [0.2, 0.25) is 5.91 Å². The van der Waals surface area contributed by atoms with Crippen LogP contribution in [0.25, 0.3) is 0 Å². The molecule has 0 aromatic carbocycles. The van der Waals surface area contributed by atoms with Crippen molar-refractivity contribution < 1.29 is 14.7 Å². The molecule has 1 N–H and O–H groups in total. The molecule has 1 aliphatic carbocycles. The number of likely N-dealkylation sites (tertiary alicyclic amines) is 1. The molecule has 1 atom stereocenters. The number of piperidine rings is 1. The molecule has 2 fully saturated rings. The number of carbonyl (C=O) groups excluding carboxylic acids is 1. The van der Waals surface area contributed by atoms with Crippen molar-refractivity contribution in [1.29, 1.82) is 0 Å². The van der Waals surface area contributed by atoms with E-state index in [4.69, 9.17) is 0 Å². The van der Waals surface area contributed by atoms with E-state index in [9.17, 15) is 14.7 Å². The smallest absolute Gasteiger partial charge is 0.326 e. The summed E-state index contributed by atoms with van der Waals surface area (Å²) in [6.07, 6.45) is 8.28. The number of carboxylic acid groups (broad SMARTS) is 1. The van der Waals surface area contributed by atoms with Crippen LogP contribution >= 0.6 is 0 Å². The number of carboxylic acids is 1. The second kappa shape index (κ2) is 6.15. The Bertz CT molecular complexity index is 372. The zero-order valence-electron chi connectivity index (χ0n) is 12.7. The van der Waals surface area contributed by atoms with Gasteiger partial charge in [-0.2, -0.15) is 0 Å². The summed E-state index contributed by atoms with van der Waals surface area (Å²) in [7, 11) is 0. The van der Waals surface area contributed by atoms with Crippen molar-refractivity contribution in [2.24, 2.45) is 11.3 Å². The summed E-state index contributed by atoms with van der Waals surface area (Å²) in [5, 5.41) is 9.51. The highest BCUT2D eigenvalue weighted by Crippen LogP contribution is 2.36. The van der Waals surface area contributed by atoms with Crippen LogP contribution in [-0.4, -0.2) is 34.5 Å². The maximum atomic E-state index is 12.5. The van der Waals surface area contributed by atoms with Crippen LogP contribution in [0.2, 0.25) is 0 Å². The van der Waals surface area contributed by atoms with Gasteiger partial charge in [-0.15, -0.1) is 0 Å². The highest BCUT2D eigenvalue weighted by atomic mass is 16.4. The van der Waals surface area contributed by atoms with Crippen LogP contribution < -0.4 is 0 Å². The third kappa shape index (κ3) is 3.33. The quantitative estimate of drug-likeness (QED) is 0.865. The topological polar surface area (TPSA) is 57.6 Å². The Hall–Kier alpha value is -1.06. The Morgan fingerprint density at radius 1 is 1.15 bits per heavy atom. The van der Waals surface area contributed by atoms with E-state index >= 15 is 0 Å². The zero-order valence-corrected chi connectivity index (χ0v) is 12.7. The highest BCUT2D eigenvalue weighted by molar-refractivity contribution is 5.84. The first-order chi connectivity index (χ1) is 9.42. The molecule has 0 aromatic rings. The molecule has 0 bridgehead atoms. The fraction of sp³-hybridized carbons (Fsp3) is 0.875. The molecule has 2 aliphatic rings. The van der Waals surface area contributed by atoms with Crippen LogP contribution in [0.1, 0.15) is 65.2 Å². The summed E-state index contributed by atoms with van der Waals surface area (Å²) in [5.41, 5.74) is -0.327. The van der Waals surface area contributed by atoms with Crippen molar-refractivity contribution in [3.8, 4) is 0 Å². The summed E-state index contributed by atoms with van der Waals surface area (Å²) >= 11 is 0. The van der Waals surface area contributed by atoms with Gasteiger partial charge in [-0.05, 0) is 37.0 Å². The Balaban J connectivity index is 2.04. The fourth-order valence-corrected chi connectivity index (χ4v) is 3.88. The third-order valence-corrected chi connectivity index (χ3v) is 5.01. The molecule has 4 nitrogen and oxygen atoms in total. The molecular formula is C16H27NO3. The van der Waals surface area contributed by atoms with Gasteiger partial charge >= 0.3 is 5.97 Å². The van der Waals surface area contributed by atoms with E-state index in [2.05, 4.69) is 0 Å². The van der Waals surface area contributed by atoms with E-state index in [1.54, 1.807) is 4.90 Å². The largest absolute Gasteiger partial charge is 0.480 e. The summed E-state index contributed by atoms with van der Waals surface area (Å²) in [6.45, 7) is 4.53. The van der Waals surface area contributed by atoms with Crippen LogP contribution in [0.3, 0.4) is 0 Å². The molecule has 1 amide bonds. The lowest BCUT2D eigenvalue weighted by Crippen LogP contribution is -2.56. The molecular weight excluding hydrogens is 254 g/mol. The first kappa shape index (κ1) is 15.3. The van der Waals surface area contributed by atoms with Crippen molar-refractivity contribution in [2.45, 2.75) is 71.3 Å². The van der Waals surface area contributed by atoms with E-state index in [-0.39, 0.29) is 11.3 Å². The number of carbonyl (C=O) groups is 2. The molecule has 2 rings (SSSR count). The van der Waals surface area contributed by atoms with Crippen molar-refractivity contribution in [2.75, 3.05) is 6.54 Å². The number of hydrogen-bond acceptors (Lipinski definition) is 2. The van der Waals surface area contributed by atoms with Crippen LogP contribution in [-0.2, 0) is 9.59 Å². The monoisotopic (exact) mass is 281 g/mol. The predicted molar refractivity (Wildman–Crippen MR) is 77.3 cm³/mol. The number of rotatable bonds is 3. The summed E-state index contributed by atoms with van der Waals surface area (Å²) in [5.74, 6) is -0.334. The second-order valence-electron chi connectivity index (χ2n) is 7.13. The van der Waals surface area contributed by atoms with Gasteiger partial charge < -0.3 is 10.0 Å². The van der Waals surface area contributed by atoms with E-state index in [0.717, 1.165) is 25.7 Å². The minimum absolute atomic E-state index is 0.0528. The first-order valence-electron chi connectivity index (χ1n) is 7.94. The van der Waals surface area contributed by atoms with Gasteiger partial charge in [-0.1, -0.05) is 33.1 Å². The minimum atomic E-state index is -0.855. The maximum absolute atomic E-state index is 12.5. The van der Waals surface area contributed by atoms with Crippen LogP contribution in [0, 0.1) is 11.3 Å². The molecule has 1 saturated carbocycles. The maximum Gasteiger partial charge on any atom is 0.326 e. The Morgan fingerprint density at radius 2 is 1.80 bits per heavy atom. The average Bonchev–Trinajstić information content (AvgIpc) is 2.37. The fourth-order valence-electron chi connectivity index (χ4n) is 3.88. The van der Waals surface area contributed by atoms with Gasteiger partial charge in [0, 0.05) is 13.0 Å². The van der Waals surface area contributed by atoms with E-state index in [0.29, 0.717) is 18.9 Å². The first-order valence-corrected chi connectivity index (χ1v) is 7.94. The van der Waals surface area contributed by atoms with E-state index < -0.39 is 12.0 Å². The molecule has 0 radical (unpaired) electrons. The van der Waals surface area contributed by atoms with Crippen LogP contribution in [0.5, 0.6) is 0 Å². The van der Waals surface area contributed by atoms with Gasteiger partial charge in [-0.25, -0.2) is 4.79 Å². The van der Waals surface area contributed by atoms with Crippen molar-refractivity contribution in [3.05, 3.63) is 0 Å². The second-order valence-corrected chi connectivity index (χ2v) is 7.13. The number of hydrogen-bond donors (Lipinski definition) is 1. The lowest BCUT2D eigenvalue weighted by atomic mass is 9.76. The lowest BCUT2D eigenvalue weighted by molar-refractivity contribution is -0.159. The lowest BCUT2D eigenvalue weighted by Gasteiger charge is -2.44. The summed E-state index contributed by atoms with van der Waals surface area (Å²) < 4.78 is 0. The average molecular weight is 281 g/mol. The van der Waals surface area contributed by atoms with Crippen LogP contribution in [0.15, 0.2) is 0 Å². The molecule has 0 spiro atoms. The molecule has 1 heterocycles. The van der Waals surface area contributed by atoms with Gasteiger partial charge in [0.15, 0.2) is 0 Å². The van der Waals surface area contributed by atoms with Crippen LogP contribution in [0.4, 0.5) is 0 Å². The zero-order chi connectivity index (χ0) is 14.8. The Kier molecular flexibility index (Phi) is 4.71. The molecule has 1 unspecified atom stereocenters. The van der Waals surface area contributed by atoms with E-state index in [1.165, 1.54) is 19.3 Å². The Labute approximate surface area is 121 Å².